The van der Waals surface area contributed by atoms with Crippen LogP contribution < -0.4 is 15.8 Å². The number of carbonyl (C=O) groups excluding carboxylic acids is 2. The van der Waals surface area contributed by atoms with Gasteiger partial charge in [-0.1, -0.05) is 26.0 Å². The first-order valence-electron chi connectivity index (χ1n) is 10.3. The molecule has 0 radical (unpaired) electrons. The molecule has 2 N–H and O–H groups in total. The van der Waals surface area contributed by atoms with E-state index in [2.05, 4.69) is 15.2 Å². The number of fused-ring (bicyclic) bond motifs is 1. The summed E-state index contributed by atoms with van der Waals surface area (Å²) in [6.07, 6.45) is 1.02. The SMILES string of the molecule is CC1(C)CC(=O)c2cc(C(=O)NCc3ccc(N4CCOCC4)cc3)c(=O)[nH]c2C1. The Bertz CT molecular complexity index is 1020. The standard InChI is InChI=1S/C23H27N3O4/c1-23(2)12-19-17(20(27)13-23)11-18(22(29)25-19)21(28)24-14-15-3-5-16(6-4-15)26-7-9-30-10-8-26/h3-6,11H,7-10,12-14H2,1-2H3,(H,24,28)(H,25,29). The molecule has 2 aliphatic rings. The molecular weight excluding hydrogens is 382 g/mol. The van der Waals surface area contributed by atoms with Crippen LogP contribution in [0.15, 0.2) is 35.1 Å². The number of hydrogen-bond acceptors (Lipinski definition) is 5. The molecule has 1 fully saturated rings. The number of Topliss-reactive ketones (excluding diaryl/α,β-unsaturated/α-hetero) is 1. The maximum Gasteiger partial charge on any atom is 0.261 e. The molecule has 2 heterocycles. The van der Waals surface area contributed by atoms with Gasteiger partial charge in [-0.2, -0.15) is 0 Å². The van der Waals surface area contributed by atoms with Gasteiger partial charge in [0.2, 0.25) is 0 Å². The Kier molecular flexibility index (Phi) is 5.47. The highest BCUT2D eigenvalue weighted by molar-refractivity contribution is 6.02. The van der Waals surface area contributed by atoms with Gasteiger partial charge in [0.1, 0.15) is 5.56 Å². The van der Waals surface area contributed by atoms with Crippen LogP contribution in [0.3, 0.4) is 0 Å². The van der Waals surface area contributed by atoms with Gasteiger partial charge >= 0.3 is 0 Å². The first-order valence-corrected chi connectivity index (χ1v) is 10.3. The summed E-state index contributed by atoms with van der Waals surface area (Å²) in [6.45, 7) is 7.49. The maximum atomic E-state index is 12.6. The van der Waals surface area contributed by atoms with Gasteiger partial charge < -0.3 is 19.9 Å². The van der Waals surface area contributed by atoms with Crippen LogP contribution in [0.2, 0.25) is 0 Å². The smallest absolute Gasteiger partial charge is 0.261 e. The Hall–Kier alpha value is -2.93. The fourth-order valence-corrected chi connectivity index (χ4v) is 4.12. The Morgan fingerprint density at radius 3 is 2.53 bits per heavy atom. The van der Waals surface area contributed by atoms with Crippen LogP contribution in [0.5, 0.6) is 0 Å². The number of rotatable bonds is 4. The van der Waals surface area contributed by atoms with Gasteiger partial charge in [-0.25, -0.2) is 0 Å². The average molecular weight is 409 g/mol. The lowest BCUT2D eigenvalue weighted by molar-refractivity contribution is 0.0910. The highest BCUT2D eigenvalue weighted by atomic mass is 16.5. The summed E-state index contributed by atoms with van der Waals surface area (Å²) < 4.78 is 5.37. The van der Waals surface area contributed by atoms with E-state index in [0.29, 0.717) is 30.6 Å². The molecule has 30 heavy (non-hydrogen) atoms. The summed E-state index contributed by atoms with van der Waals surface area (Å²) in [7, 11) is 0. The maximum absolute atomic E-state index is 12.6. The third-order valence-corrected chi connectivity index (χ3v) is 5.73. The first kappa shape index (κ1) is 20.3. The van der Waals surface area contributed by atoms with Crippen molar-refractivity contribution < 1.29 is 14.3 Å². The molecule has 0 spiro atoms. The molecule has 4 rings (SSSR count). The molecule has 0 atom stereocenters. The van der Waals surface area contributed by atoms with Gasteiger partial charge in [-0.05, 0) is 35.6 Å². The number of H-pyrrole nitrogens is 1. The van der Waals surface area contributed by atoms with Crippen LogP contribution in [0.25, 0.3) is 0 Å². The first-order chi connectivity index (χ1) is 14.3. The lowest BCUT2D eigenvalue weighted by atomic mass is 9.75. The summed E-state index contributed by atoms with van der Waals surface area (Å²) >= 11 is 0. The Morgan fingerprint density at radius 1 is 1.13 bits per heavy atom. The zero-order chi connectivity index (χ0) is 21.3. The number of ketones is 1. The minimum Gasteiger partial charge on any atom is -0.378 e. The van der Waals surface area contributed by atoms with E-state index >= 15 is 0 Å². The Labute approximate surface area is 175 Å². The van der Waals surface area contributed by atoms with Gasteiger partial charge in [0.25, 0.3) is 11.5 Å². The normalized spacial score (nSPS) is 18.1. The minimum atomic E-state index is -0.478. The zero-order valence-electron chi connectivity index (χ0n) is 17.4. The molecule has 7 heteroatoms. The van der Waals surface area contributed by atoms with Crippen LogP contribution >= 0.6 is 0 Å². The number of anilines is 1. The van der Waals surface area contributed by atoms with Gasteiger partial charge in [0, 0.05) is 43.0 Å². The molecule has 1 aliphatic heterocycles. The molecule has 158 valence electrons. The lowest BCUT2D eigenvalue weighted by Gasteiger charge is -2.29. The average Bonchev–Trinajstić information content (AvgIpc) is 2.72. The van der Waals surface area contributed by atoms with Crippen LogP contribution in [0.1, 0.15) is 52.2 Å². The fraction of sp³-hybridized carbons (Fsp3) is 0.435. The topological polar surface area (TPSA) is 91.5 Å². The van der Waals surface area contributed by atoms with Crippen LogP contribution in [-0.2, 0) is 17.7 Å². The second-order valence-electron chi connectivity index (χ2n) is 8.79. The molecule has 0 bridgehead atoms. The minimum absolute atomic E-state index is 0.0215. The van der Waals surface area contributed by atoms with Crippen molar-refractivity contribution in [3.05, 3.63) is 63.1 Å². The predicted molar refractivity (Wildman–Crippen MR) is 114 cm³/mol. The largest absolute Gasteiger partial charge is 0.378 e. The van der Waals surface area contributed by atoms with Gasteiger partial charge in [-0.15, -0.1) is 0 Å². The van der Waals surface area contributed by atoms with Crippen molar-refractivity contribution in [3.8, 4) is 0 Å². The Morgan fingerprint density at radius 2 is 1.83 bits per heavy atom. The summed E-state index contributed by atoms with van der Waals surface area (Å²) in [6, 6.07) is 9.43. The molecule has 0 unspecified atom stereocenters. The summed E-state index contributed by atoms with van der Waals surface area (Å²) in [5, 5.41) is 2.79. The number of carbonyl (C=O) groups is 2. The second kappa shape index (κ2) is 8.07. The third-order valence-electron chi connectivity index (χ3n) is 5.73. The van der Waals surface area contributed by atoms with E-state index in [1.54, 1.807) is 0 Å². The van der Waals surface area contributed by atoms with E-state index in [4.69, 9.17) is 4.74 Å². The molecule has 1 amide bonds. The summed E-state index contributed by atoms with van der Waals surface area (Å²) in [5.74, 6) is -0.515. The molecule has 2 aromatic rings. The van der Waals surface area contributed by atoms with Gasteiger partial charge in [-0.3, -0.25) is 14.4 Å². The Balaban J connectivity index is 1.44. The molecule has 1 saturated heterocycles. The molecular formula is C23H27N3O4. The number of aromatic nitrogens is 1. The number of benzene rings is 1. The zero-order valence-corrected chi connectivity index (χ0v) is 17.4. The summed E-state index contributed by atoms with van der Waals surface area (Å²) in [5.41, 5.74) is 2.47. The molecule has 1 aromatic carbocycles. The number of nitrogens with one attached hydrogen (secondary N) is 2. The van der Waals surface area contributed by atoms with E-state index in [1.807, 2.05) is 38.1 Å². The van der Waals surface area contributed by atoms with Crippen LogP contribution in [0, 0.1) is 5.41 Å². The number of pyridine rings is 1. The number of ether oxygens (including phenoxy) is 1. The lowest BCUT2D eigenvalue weighted by Crippen LogP contribution is -2.36. The van der Waals surface area contributed by atoms with Crippen LogP contribution in [-0.4, -0.2) is 43.0 Å². The highest BCUT2D eigenvalue weighted by Crippen LogP contribution is 2.33. The van der Waals surface area contributed by atoms with E-state index in [-0.39, 0.29) is 16.8 Å². The van der Waals surface area contributed by atoms with E-state index in [9.17, 15) is 14.4 Å². The van der Waals surface area contributed by atoms with E-state index in [0.717, 1.165) is 37.6 Å². The predicted octanol–water partition coefficient (Wildman–Crippen LogP) is 2.30. The van der Waals surface area contributed by atoms with Crippen molar-refractivity contribution in [3.63, 3.8) is 0 Å². The number of amides is 1. The molecule has 7 nitrogen and oxygen atoms in total. The molecule has 0 saturated carbocycles. The van der Waals surface area contributed by atoms with E-state index in [1.165, 1.54) is 6.07 Å². The number of hydrogen-bond donors (Lipinski definition) is 2. The second-order valence-corrected chi connectivity index (χ2v) is 8.79. The molecule has 1 aliphatic carbocycles. The van der Waals surface area contributed by atoms with Crippen molar-refractivity contribution >= 4 is 17.4 Å². The van der Waals surface area contributed by atoms with Crippen molar-refractivity contribution in [1.82, 2.24) is 10.3 Å². The fourth-order valence-electron chi connectivity index (χ4n) is 4.12. The van der Waals surface area contributed by atoms with Crippen molar-refractivity contribution in [2.75, 3.05) is 31.2 Å². The number of morpholine rings is 1. The third kappa shape index (κ3) is 4.31. The van der Waals surface area contributed by atoms with Crippen LogP contribution in [0.4, 0.5) is 5.69 Å². The monoisotopic (exact) mass is 409 g/mol. The van der Waals surface area contributed by atoms with Gasteiger partial charge in [0.15, 0.2) is 5.78 Å². The summed E-state index contributed by atoms with van der Waals surface area (Å²) in [4.78, 5) is 42.5. The number of aromatic amines is 1. The van der Waals surface area contributed by atoms with Gasteiger partial charge in [0.05, 0.1) is 13.2 Å². The van der Waals surface area contributed by atoms with E-state index < -0.39 is 11.5 Å². The molecule has 1 aromatic heterocycles. The van der Waals surface area contributed by atoms with Crippen molar-refractivity contribution in [2.45, 2.75) is 33.2 Å². The van der Waals surface area contributed by atoms with Crippen molar-refractivity contribution in [2.24, 2.45) is 5.41 Å². The highest BCUT2D eigenvalue weighted by Gasteiger charge is 2.32. The quantitative estimate of drug-likeness (QED) is 0.809. The van der Waals surface area contributed by atoms with Crippen molar-refractivity contribution in [1.29, 1.82) is 0 Å². The number of nitrogens with zero attached hydrogens (tertiary/aromatic N) is 1.